The van der Waals surface area contributed by atoms with Gasteiger partial charge in [0.15, 0.2) is 0 Å². The quantitative estimate of drug-likeness (QED) is 0.644. The molecule has 8 heteroatoms. The fourth-order valence-electron chi connectivity index (χ4n) is 1.44. The van der Waals surface area contributed by atoms with Gasteiger partial charge in [0.05, 0.1) is 10.6 Å². The standard InChI is InChI=1S/C10H8N4O4/c1-6-2-9(8(4-11-6)10(15)16)13-5-7(3-12-13)14(17)18/h2-5H,1H3,(H,15,16). The highest BCUT2D eigenvalue weighted by Gasteiger charge is 2.16. The smallest absolute Gasteiger partial charge is 0.339 e. The summed E-state index contributed by atoms with van der Waals surface area (Å²) >= 11 is 0. The van der Waals surface area contributed by atoms with Gasteiger partial charge in [-0.25, -0.2) is 9.48 Å². The molecule has 2 heterocycles. The molecule has 0 fully saturated rings. The largest absolute Gasteiger partial charge is 0.478 e. The van der Waals surface area contributed by atoms with E-state index in [-0.39, 0.29) is 16.9 Å². The molecule has 0 amide bonds. The van der Waals surface area contributed by atoms with Crippen molar-refractivity contribution in [2.24, 2.45) is 0 Å². The summed E-state index contributed by atoms with van der Waals surface area (Å²) in [7, 11) is 0. The van der Waals surface area contributed by atoms with Crippen LogP contribution in [0.25, 0.3) is 5.69 Å². The van der Waals surface area contributed by atoms with E-state index in [1.165, 1.54) is 12.3 Å². The van der Waals surface area contributed by atoms with Crippen molar-refractivity contribution in [1.82, 2.24) is 14.8 Å². The maximum atomic E-state index is 11.0. The summed E-state index contributed by atoms with van der Waals surface area (Å²) in [6, 6.07) is 1.50. The van der Waals surface area contributed by atoms with Gasteiger partial charge in [0.1, 0.15) is 18.0 Å². The van der Waals surface area contributed by atoms with Gasteiger partial charge in [-0.05, 0) is 13.0 Å². The van der Waals surface area contributed by atoms with E-state index in [2.05, 4.69) is 10.1 Å². The van der Waals surface area contributed by atoms with E-state index >= 15 is 0 Å². The number of rotatable bonds is 3. The number of carboxylic acid groups (broad SMARTS) is 1. The molecule has 8 nitrogen and oxygen atoms in total. The monoisotopic (exact) mass is 248 g/mol. The summed E-state index contributed by atoms with van der Waals surface area (Å²) in [5, 5.41) is 23.3. The van der Waals surface area contributed by atoms with E-state index in [0.717, 1.165) is 17.1 Å². The van der Waals surface area contributed by atoms with Crippen LogP contribution in [-0.4, -0.2) is 30.8 Å². The molecule has 0 bridgehead atoms. The number of pyridine rings is 1. The number of nitrogens with zero attached hydrogens (tertiary/aromatic N) is 4. The van der Waals surface area contributed by atoms with E-state index in [4.69, 9.17) is 5.11 Å². The Hall–Kier alpha value is -2.77. The summed E-state index contributed by atoms with van der Waals surface area (Å²) in [5.41, 5.74) is 0.552. The second-order valence-corrected chi connectivity index (χ2v) is 3.55. The number of hydrogen-bond donors (Lipinski definition) is 1. The van der Waals surface area contributed by atoms with Crippen LogP contribution < -0.4 is 0 Å². The lowest BCUT2D eigenvalue weighted by atomic mass is 10.2. The normalized spacial score (nSPS) is 10.3. The third kappa shape index (κ3) is 2.03. The zero-order valence-electron chi connectivity index (χ0n) is 9.27. The number of hydrogen-bond acceptors (Lipinski definition) is 5. The van der Waals surface area contributed by atoms with Crippen LogP contribution in [0.1, 0.15) is 16.1 Å². The Labute approximate surface area is 101 Å². The fourth-order valence-corrected chi connectivity index (χ4v) is 1.44. The number of aromatic carboxylic acids is 1. The topological polar surface area (TPSA) is 111 Å². The number of carbonyl (C=O) groups is 1. The predicted molar refractivity (Wildman–Crippen MR) is 59.7 cm³/mol. The van der Waals surface area contributed by atoms with Gasteiger partial charge >= 0.3 is 11.7 Å². The molecule has 0 atom stereocenters. The van der Waals surface area contributed by atoms with Gasteiger partial charge in [-0.2, -0.15) is 5.10 Å². The Kier molecular flexibility index (Phi) is 2.76. The Morgan fingerprint density at radius 2 is 2.22 bits per heavy atom. The Bertz CT molecular complexity index is 635. The van der Waals surface area contributed by atoms with E-state index in [1.807, 2.05) is 0 Å². The summed E-state index contributed by atoms with van der Waals surface area (Å²) in [5.74, 6) is -1.17. The molecule has 2 rings (SSSR count). The molecule has 1 N–H and O–H groups in total. The Balaban J connectivity index is 2.57. The first kappa shape index (κ1) is 11.7. The van der Waals surface area contributed by atoms with Crippen LogP contribution in [0.15, 0.2) is 24.7 Å². The van der Waals surface area contributed by atoms with Crippen molar-refractivity contribution < 1.29 is 14.8 Å². The van der Waals surface area contributed by atoms with E-state index in [9.17, 15) is 14.9 Å². The zero-order valence-corrected chi connectivity index (χ0v) is 9.27. The van der Waals surface area contributed by atoms with E-state index in [0.29, 0.717) is 5.69 Å². The second kappa shape index (κ2) is 4.24. The molecule has 92 valence electrons. The summed E-state index contributed by atoms with van der Waals surface area (Å²) in [6.07, 6.45) is 3.41. The van der Waals surface area contributed by atoms with Gasteiger partial charge in [-0.1, -0.05) is 0 Å². The van der Waals surface area contributed by atoms with E-state index < -0.39 is 10.9 Å². The highest BCUT2D eigenvalue weighted by Crippen LogP contribution is 2.17. The minimum atomic E-state index is -1.17. The maximum Gasteiger partial charge on any atom is 0.339 e. The van der Waals surface area contributed by atoms with Crippen LogP contribution >= 0.6 is 0 Å². The van der Waals surface area contributed by atoms with Gasteiger partial charge in [-0.15, -0.1) is 0 Å². The van der Waals surface area contributed by atoms with E-state index in [1.54, 1.807) is 6.92 Å². The Morgan fingerprint density at radius 1 is 1.50 bits per heavy atom. The van der Waals surface area contributed by atoms with Crippen LogP contribution in [0.2, 0.25) is 0 Å². The minimum absolute atomic E-state index is 0.0707. The van der Waals surface area contributed by atoms with Crippen LogP contribution in [0.4, 0.5) is 5.69 Å². The number of aryl methyl sites for hydroxylation is 1. The predicted octanol–water partition coefficient (Wildman–Crippen LogP) is 1.18. The lowest BCUT2D eigenvalue weighted by molar-refractivity contribution is -0.384. The molecule has 0 saturated carbocycles. The Morgan fingerprint density at radius 3 is 2.78 bits per heavy atom. The van der Waals surface area contributed by atoms with Gasteiger partial charge in [0.25, 0.3) is 0 Å². The van der Waals surface area contributed by atoms with Crippen LogP contribution in [0.5, 0.6) is 0 Å². The average Bonchev–Trinajstić information content (AvgIpc) is 2.77. The lowest BCUT2D eigenvalue weighted by Crippen LogP contribution is -2.07. The number of aromatic nitrogens is 3. The third-order valence-electron chi connectivity index (χ3n) is 2.28. The van der Waals surface area contributed by atoms with Crippen molar-refractivity contribution in [2.75, 3.05) is 0 Å². The van der Waals surface area contributed by atoms with Crippen molar-refractivity contribution in [3.8, 4) is 5.69 Å². The zero-order chi connectivity index (χ0) is 13.3. The highest BCUT2D eigenvalue weighted by atomic mass is 16.6. The molecule has 0 aliphatic carbocycles. The lowest BCUT2D eigenvalue weighted by Gasteiger charge is -2.05. The summed E-state index contributed by atoms with van der Waals surface area (Å²) in [6.45, 7) is 1.69. The first-order valence-corrected chi connectivity index (χ1v) is 4.88. The highest BCUT2D eigenvalue weighted by molar-refractivity contribution is 5.91. The molecular formula is C10H8N4O4. The first-order valence-electron chi connectivity index (χ1n) is 4.88. The van der Waals surface area contributed by atoms with Crippen molar-refractivity contribution in [1.29, 1.82) is 0 Å². The van der Waals surface area contributed by atoms with Gasteiger partial charge in [0.2, 0.25) is 0 Å². The van der Waals surface area contributed by atoms with Crippen molar-refractivity contribution in [2.45, 2.75) is 6.92 Å². The maximum absolute atomic E-state index is 11.0. The van der Waals surface area contributed by atoms with Gasteiger partial charge < -0.3 is 5.11 Å². The molecule has 0 radical (unpaired) electrons. The average molecular weight is 248 g/mol. The SMILES string of the molecule is Cc1cc(-n2cc([N+](=O)[O-])cn2)c(C(=O)O)cn1. The fraction of sp³-hybridized carbons (Fsp3) is 0.100. The molecule has 0 saturated heterocycles. The van der Waals surface area contributed by atoms with Crippen molar-refractivity contribution >= 4 is 11.7 Å². The third-order valence-corrected chi connectivity index (χ3v) is 2.28. The molecule has 0 aliphatic heterocycles. The molecule has 0 aliphatic rings. The molecule has 0 spiro atoms. The molecule has 0 aromatic carbocycles. The number of nitro groups is 1. The molecule has 2 aromatic heterocycles. The summed E-state index contributed by atoms with van der Waals surface area (Å²) in [4.78, 5) is 24.9. The molecule has 0 unspecified atom stereocenters. The second-order valence-electron chi connectivity index (χ2n) is 3.55. The number of carboxylic acids is 1. The van der Waals surface area contributed by atoms with Gasteiger partial charge in [-0.3, -0.25) is 15.1 Å². The van der Waals surface area contributed by atoms with Crippen LogP contribution in [0, 0.1) is 17.0 Å². The van der Waals surface area contributed by atoms with Gasteiger partial charge in [0, 0.05) is 11.9 Å². The minimum Gasteiger partial charge on any atom is -0.478 e. The summed E-state index contributed by atoms with van der Waals surface area (Å²) < 4.78 is 1.15. The van der Waals surface area contributed by atoms with Crippen molar-refractivity contribution in [3.63, 3.8) is 0 Å². The van der Waals surface area contributed by atoms with Crippen LogP contribution in [0.3, 0.4) is 0 Å². The first-order chi connectivity index (χ1) is 8.49. The molecule has 2 aromatic rings. The molecule has 18 heavy (non-hydrogen) atoms. The molecular weight excluding hydrogens is 240 g/mol. The van der Waals surface area contributed by atoms with Crippen molar-refractivity contribution in [3.05, 3.63) is 46.0 Å². The van der Waals surface area contributed by atoms with Crippen LogP contribution in [-0.2, 0) is 0 Å².